The third-order valence-electron chi connectivity index (χ3n) is 3.01. The van der Waals surface area contributed by atoms with Crippen molar-refractivity contribution in [2.24, 2.45) is 5.92 Å². The highest BCUT2D eigenvalue weighted by Crippen LogP contribution is 2.25. The first-order chi connectivity index (χ1) is 8.69. The molecule has 0 saturated carbocycles. The van der Waals surface area contributed by atoms with Gasteiger partial charge in [-0.05, 0) is 51.3 Å². The molecule has 1 N–H and O–H groups in total. The van der Waals surface area contributed by atoms with Gasteiger partial charge in [0.25, 0.3) is 0 Å². The first-order valence-electron chi connectivity index (χ1n) is 6.87. The second kappa shape index (κ2) is 6.76. The Morgan fingerprint density at radius 2 is 1.89 bits per heavy atom. The highest BCUT2D eigenvalue weighted by atomic mass is 79.9. The van der Waals surface area contributed by atoms with E-state index < -0.39 is 0 Å². The van der Waals surface area contributed by atoms with Gasteiger partial charge in [-0.25, -0.2) is 0 Å². The number of halogens is 1. The lowest BCUT2D eigenvalue weighted by Gasteiger charge is -2.28. The van der Waals surface area contributed by atoms with Crippen LogP contribution in [-0.2, 0) is 0 Å². The van der Waals surface area contributed by atoms with Crippen molar-refractivity contribution in [3.05, 3.63) is 28.2 Å². The summed E-state index contributed by atoms with van der Waals surface area (Å²) in [6, 6.07) is 6.16. The third kappa shape index (κ3) is 5.96. The number of ether oxygens (including phenoxy) is 1. The van der Waals surface area contributed by atoms with Gasteiger partial charge in [0.2, 0.25) is 0 Å². The van der Waals surface area contributed by atoms with E-state index in [0.717, 1.165) is 16.8 Å². The average molecular weight is 328 g/mol. The molecular formula is C16H26BrNO. The van der Waals surface area contributed by atoms with E-state index in [4.69, 9.17) is 4.74 Å². The summed E-state index contributed by atoms with van der Waals surface area (Å²) in [6.07, 6.45) is 0.173. The third-order valence-corrected chi connectivity index (χ3v) is 3.50. The van der Waals surface area contributed by atoms with E-state index in [1.54, 1.807) is 0 Å². The van der Waals surface area contributed by atoms with Gasteiger partial charge in [-0.2, -0.15) is 0 Å². The summed E-state index contributed by atoms with van der Waals surface area (Å²) in [5, 5.41) is 3.52. The van der Waals surface area contributed by atoms with Crippen LogP contribution in [-0.4, -0.2) is 18.2 Å². The SMILES string of the molecule is Cc1ccc(Br)cc1OC(CNC(C)(C)C)C(C)C. The van der Waals surface area contributed by atoms with Crippen molar-refractivity contribution in [2.75, 3.05) is 6.54 Å². The molecule has 0 bridgehead atoms. The molecule has 1 unspecified atom stereocenters. The van der Waals surface area contributed by atoms with Gasteiger partial charge in [-0.3, -0.25) is 0 Å². The standard InChI is InChI=1S/C16H26BrNO/c1-11(2)15(10-18-16(4,5)6)19-14-9-13(17)8-7-12(14)3/h7-9,11,15,18H,10H2,1-6H3. The minimum absolute atomic E-state index is 0.114. The number of hydrogen-bond acceptors (Lipinski definition) is 2. The fraction of sp³-hybridized carbons (Fsp3) is 0.625. The molecule has 1 aromatic rings. The van der Waals surface area contributed by atoms with Crippen LogP contribution in [0.15, 0.2) is 22.7 Å². The predicted octanol–water partition coefficient (Wildman–Crippen LogP) is 4.55. The molecule has 0 aliphatic heterocycles. The Labute approximate surface area is 126 Å². The van der Waals surface area contributed by atoms with Gasteiger partial charge in [0.1, 0.15) is 11.9 Å². The van der Waals surface area contributed by atoms with E-state index >= 15 is 0 Å². The summed E-state index contributed by atoms with van der Waals surface area (Å²) in [7, 11) is 0. The Hall–Kier alpha value is -0.540. The van der Waals surface area contributed by atoms with Crippen molar-refractivity contribution >= 4 is 15.9 Å². The van der Waals surface area contributed by atoms with E-state index in [0.29, 0.717) is 5.92 Å². The molecule has 0 fully saturated rings. The molecule has 3 heteroatoms. The Balaban J connectivity index is 2.75. The predicted molar refractivity (Wildman–Crippen MR) is 85.9 cm³/mol. The van der Waals surface area contributed by atoms with Gasteiger partial charge in [0.05, 0.1) is 0 Å². The molecule has 19 heavy (non-hydrogen) atoms. The summed E-state index contributed by atoms with van der Waals surface area (Å²) in [5.41, 5.74) is 1.28. The minimum atomic E-state index is 0.114. The zero-order valence-corrected chi connectivity index (χ0v) is 14.5. The Kier molecular flexibility index (Phi) is 5.87. The first-order valence-corrected chi connectivity index (χ1v) is 7.66. The van der Waals surface area contributed by atoms with Gasteiger partial charge in [0, 0.05) is 16.6 Å². The number of rotatable bonds is 5. The van der Waals surface area contributed by atoms with Gasteiger partial charge in [-0.15, -0.1) is 0 Å². The second-order valence-corrected chi connectivity index (χ2v) is 7.36. The van der Waals surface area contributed by atoms with Crippen molar-refractivity contribution in [3.63, 3.8) is 0 Å². The van der Waals surface area contributed by atoms with Crippen LogP contribution in [0.4, 0.5) is 0 Å². The number of benzene rings is 1. The quantitative estimate of drug-likeness (QED) is 0.856. The normalized spacial score (nSPS) is 13.7. The molecule has 1 rings (SSSR count). The van der Waals surface area contributed by atoms with E-state index in [1.165, 1.54) is 5.56 Å². The van der Waals surface area contributed by atoms with Crippen molar-refractivity contribution < 1.29 is 4.74 Å². The molecule has 1 atom stereocenters. The van der Waals surface area contributed by atoms with Crippen LogP contribution in [0.3, 0.4) is 0 Å². The lowest BCUT2D eigenvalue weighted by Crippen LogP contribution is -2.44. The number of hydrogen-bond donors (Lipinski definition) is 1. The van der Waals surface area contributed by atoms with Crippen molar-refractivity contribution in [1.82, 2.24) is 5.32 Å². The summed E-state index contributed by atoms with van der Waals surface area (Å²) >= 11 is 3.50. The zero-order valence-electron chi connectivity index (χ0n) is 12.9. The molecule has 0 amide bonds. The van der Waals surface area contributed by atoms with Crippen LogP contribution < -0.4 is 10.1 Å². The Morgan fingerprint density at radius 3 is 2.42 bits per heavy atom. The van der Waals surface area contributed by atoms with Crippen LogP contribution in [0.5, 0.6) is 5.75 Å². The van der Waals surface area contributed by atoms with Gasteiger partial charge in [-0.1, -0.05) is 35.8 Å². The largest absolute Gasteiger partial charge is 0.489 e. The van der Waals surface area contributed by atoms with Gasteiger partial charge in [0.15, 0.2) is 0 Å². The van der Waals surface area contributed by atoms with Crippen LogP contribution >= 0.6 is 15.9 Å². The molecule has 108 valence electrons. The fourth-order valence-electron chi connectivity index (χ4n) is 1.68. The topological polar surface area (TPSA) is 21.3 Å². The highest BCUT2D eigenvalue weighted by molar-refractivity contribution is 9.10. The zero-order chi connectivity index (χ0) is 14.6. The van der Waals surface area contributed by atoms with Crippen molar-refractivity contribution in [3.8, 4) is 5.75 Å². The molecule has 0 heterocycles. The number of aryl methyl sites for hydroxylation is 1. The summed E-state index contributed by atoms with van der Waals surface area (Å²) < 4.78 is 7.25. The smallest absolute Gasteiger partial charge is 0.123 e. The van der Waals surface area contributed by atoms with Crippen molar-refractivity contribution in [2.45, 2.75) is 53.2 Å². The molecule has 0 radical (unpaired) electrons. The molecule has 0 spiro atoms. The van der Waals surface area contributed by atoms with E-state index in [9.17, 15) is 0 Å². The lowest BCUT2D eigenvalue weighted by molar-refractivity contribution is 0.139. The monoisotopic (exact) mass is 327 g/mol. The van der Waals surface area contributed by atoms with E-state index in [2.05, 4.69) is 68.9 Å². The van der Waals surface area contributed by atoms with Crippen LogP contribution in [0.2, 0.25) is 0 Å². The van der Waals surface area contributed by atoms with Crippen LogP contribution in [0.25, 0.3) is 0 Å². The summed E-state index contributed by atoms with van der Waals surface area (Å²) in [5.74, 6) is 1.43. The van der Waals surface area contributed by atoms with Gasteiger partial charge >= 0.3 is 0 Å². The Bertz CT molecular complexity index is 410. The molecule has 2 nitrogen and oxygen atoms in total. The summed E-state index contributed by atoms with van der Waals surface area (Å²) in [4.78, 5) is 0. The van der Waals surface area contributed by atoms with E-state index in [-0.39, 0.29) is 11.6 Å². The average Bonchev–Trinajstić information content (AvgIpc) is 2.27. The fourth-order valence-corrected chi connectivity index (χ4v) is 2.02. The van der Waals surface area contributed by atoms with E-state index in [1.807, 2.05) is 12.1 Å². The first kappa shape index (κ1) is 16.5. The molecule has 0 saturated heterocycles. The summed E-state index contributed by atoms with van der Waals surface area (Å²) in [6.45, 7) is 13.9. The molecule has 0 aliphatic rings. The van der Waals surface area contributed by atoms with Crippen molar-refractivity contribution in [1.29, 1.82) is 0 Å². The minimum Gasteiger partial charge on any atom is -0.489 e. The highest BCUT2D eigenvalue weighted by Gasteiger charge is 2.19. The van der Waals surface area contributed by atoms with Crippen LogP contribution in [0, 0.1) is 12.8 Å². The molecular weight excluding hydrogens is 302 g/mol. The maximum Gasteiger partial charge on any atom is 0.123 e. The van der Waals surface area contributed by atoms with Crippen LogP contribution in [0.1, 0.15) is 40.2 Å². The second-order valence-electron chi connectivity index (χ2n) is 6.44. The maximum absolute atomic E-state index is 6.19. The molecule has 0 aliphatic carbocycles. The maximum atomic E-state index is 6.19. The molecule has 0 aromatic heterocycles. The molecule has 1 aromatic carbocycles. The number of nitrogens with one attached hydrogen (secondary N) is 1. The lowest BCUT2D eigenvalue weighted by atomic mass is 10.0. The van der Waals surface area contributed by atoms with Gasteiger partial charge < -0.3 is 10.1 Å². The Morgan fingerprint density at radius 1 is 1.26 bits per heavy atom.